The molecule has 8 nitrogen and oxygen atoms in total. The van der Waals surface area contributed by atoms with Crippen molar-refractivity contribution in [2.24, 2.45) is 11.7 Å². The number of nitrogens with two attached hydrogens (primary N) is 1. The number of amides is 3. The van der Waals surface area contributed by atoms with Crippen LogP contribution in [0.15, 0.2) is 30.3 Å². The van der Waals surface area contributed by atoms with E-state index in [0.29, 0.717) is 5.92 Å². The molecular formula is C24H38N4O4. The average molecular weight is 447 g/mol. The van der Waals surface area contributed by atoms with Crippen LogP contribution >= 0.6 is 0 Å². The number of carbonyl (C=O) groups is 3. The highest BCUT2D eigenvalue weighted by atomic mass is 16.5. The number of nitrogens with one attached hydrogen (secondary N) is 1. The molecule has 0 unspecified atom stereocenters. The van der Waals surface area contributed by atoms with E-state index in [1.54, 1.807) is 14.1 Å². The molecule has 1 aliphatic carbocycles. The van der Waals surface area contributed by atoms with Crippen molar-refractivity contribution in [3.63, 3.8) is 0 Å². The number of hydrogen-bond donors (Lipinski definition) is 2. The predicted octanol–water partition coefficient (Wildman–Crippen LogP) is 2.52. The van der Waals surface area contributed by atoms with Crippen LogP contribution in [0, 0.1) is 5.92 Å². The lowest BCUT2D eigenvalue weighted by atomic mass is 9.82. The second-order valence-electron chi connectivity index (χ2n) is 8.87. The summed E-state index contributed by atoms with van der Waals surface area (Å²) >= 11 is 0. The van der Waals surface area contributed by atoms with E-state index in [4.69, 9.17) is 10.5 Å². The molecule has 1 atom stereocenters. The summed E-state index contributed by atoms with van der Waals surface area (Å²) in [5.41, 5.74) is 7.14. The smallest absolute Gasteiger partial charge is 0.407 e. The maximum Gasteiger partial charge on any atom is 0.407 e. The van der Waals surface area contributed by atoms with Gasteiger partial charge in [0, 0.05) is 33.2 Å². The van der Waals surface area contributed by atoms with Crippen LogP contribution in [0.3, 0.4) is 0 Å². The largest absolute Gasteiger partial charge is 0.445 e. The Morgan fingerprint density at radius 2 is 1.75 bits per heavy atom. The highest BCUT2D eigenvalue weighted by Gasteiger charge is 2.29. The number of nitrogens with zero attached hydrogens (tertiary/aromatic N) is 2. The Bertz CT molecular complexity index is 699. The SMILES string of the molecule is CN(C)C=O.N[C@@H](CC1CCC(NC(=O)OCc2ccccc2)CC1)C(=O)N1CCCC1. The highest BCUT2D eigenvalue weighted by Crippen LogP contribution is 2.28. The van der Waals surface area contributed by atoms with Gasteiger partial charge in [-0.3, -0.25) is 9.59 Å². The van der Waals surface area contributed by atoms with Gasteiger partial charge in [0.1, 0.15) is 6.61 Å². The topological polar surface area (TPSA) is 105 Å². The molecule has 0 aromatic heterocycles. The van der Waals surface area contributed by atoms with Crippen LogP contribution in [-0.2, 0) is 20.9 Å². The molecule has 32 heavy (non-hydrogen) atoms. The second-order valence-corrected chi connectivity index (χ2v) is 8.87. The monoisotopic (exact) mass is 446 g/mol. The molecule has 2 fully saturated rings. The fourth-order valence-electron chi connectivity index (χ4n) is 4.11. The Hall–Kier alpha value is -2.61. The number of benzene rings is 1. The molecule has 3 amide bonds. The molecule has 3 rings (SSSR count). The molecule has 2 aliphatic rings. The minimum absolute atomic E-state index is 0.109. The molecule has 1 saturated carbocycles. The lowest BCUT2D eigenvalue weighted by molar-refractivity contribution is -0.132. The van der Waals surface area contributed by atoms with Gasteiger partial charge in [-0.15, -0.1) is 0 Å². The Kier molecular flexibility index (Phi) is 11.0. The van der Waals surface area contributed by atoms with Gasteiger partial charge in [0.05, 0.1) is 6.04 Å². The van der Waals surface area contributed by atoms with E-state index in [1.807, 2.05) is 35.2 Å². The Labute approximate surface area is 191 Å². The van der Waals surface area contributed by atoms with Crippen LogP contribution in [0.5, 0.6) is 0 Å². The first-order valence-corrected chi connectivity index (χ1v) is 11.5. The van der Waals surface area contributed by atoms with Crippen molar-refractivity contribution in [3.8, 4) is 0 Å². The van der Waals surface area contributed by atoms with Crippen molar-refractivity contribution < 1.29 is 19.1 Å². The quantitative estimate of drug-likeness (QED) is 0.626. The maximum atomic E-state index is 12.3. The molecule has 0 spiro atoms. The molecular weight excluding hydrogens is 408 g/mol. The van der Waals surface area contributed by atoms with Gasteiger partial charge in [-0.25, -0.2) is 4.79 Å². The van der Waals surface area contributed by atoms with Gasteiger partial charge >= 0.3 is 6.09 Å². The summed E-state index contributed by atoms with van der Waals surface area (Å²) in [6.45, 7) is 2.00. The Morgan fingerprint density at radius 3 is 2.31 bits per heavy atom. The van der Waals surface area contributed by atoms with Crippen molar-refractivity contribution >= 4 is 18.4 Å². The first-order chi connectivity index (χ1) is 15.4. The summed E-state index contributed by atoms with van der Waals surface area (Å²) in [4.78, 5) is 37.1. The van der Waals surface area contributed by atoms with Gasteiger partial charge in [0.25, 0.3) is 0 Å². The summed E-state index contributed by atoms with van der Waals surface area (Å²) in [5.74, 6) is 0.571. The molecule has 178 valence electrons. The van der Waals surface area contributed by atoms with E-state index >= 15 is 0 Å². The lowest BCUT2D eigenvalue weighted by Gasteiger charge is -2.31. The van der Waals surface area contributed by atoms with E-state index < -0.39 is 0 Å². The summed E-state index contributed by atoms with van der Waals surface area (Å²) < 4.78 is 5.29. The van der Waals surface area contributed by atoms with E-state index in [1.165, 1.54) is 4.90 Å². The molecule has 1 heterocycles. The fourth-order valence-corrected chi connectivity index (χ4v) is 4.11. The van der Waals surface area contributed by atoms with E-state index in [9.17, 15) is 14.4 Å². The predicted molar refractivity (Wildman–Crippen MR) is 124 cm³/mol. The van der Waals surface area contributed by atoms with Gasteiger partial charge in [0.15, 0.2) is 0 Å². The van der Waals surface area contributed by atoms with Crippen molar-refractivity contribution in [2.45, 2.75) is 63.6 Å². The van der Waals surface area contributed by atoms with E-state index in [-0.39, 0.29) is 30.7 Å². The Balaban J connectivity index is 0.000000654. The summed E-state index contributed by atoms with van der Waals surface area (Å²) in [7, 11) is 3.38. The second kappa shape index (κ2) is 13.7. The van der Waals surface area contributed by atoms with Crippen LogP contribution < -0.4 is 11.1 Å². The van der Waals surface area contributed by atoms with Crippen molar-refractivity contribution in [2.75, 3.05) is 27.2 Å². The highest BCUT2D eigenvalue weighted by molar-refractivity contribution is 5.81. The van der Waals surface area contributed by atoms with E-state index in [2.05, 4.69) is 5.32 Å². The number of rotatable bonds is 7. The molecule has 1 aliphatic heterocycles. The molecule has 0 bridgehead atoms. The van der Waals surface area contributed by atoms with Gasteiger partial charge in [-0.1, -0.05) is 30.3 Å². The van der Waals surface area contributed by atoms with Crippen LogP contribution in [0.4, 0.5) is 4.79 Å². The molecule has 1 saturated heterocycles. The van der Waals surface area contributed by atoms with Crippen molar-refractivity contribution in [3.05, 3.63) is 35.9 Å². The van der Waals surface area contributed by atoms with Crippen LogP contribution in [0.1, 0.15) is 50.5 Å². The van der Waals surface area contributed by atoms with Gasteiger partial charge in [0.2, 0.25) is 12.3 Å². The minimum atomic E-state index is -0.381. The lowest BCUT2D eigenvalue weighted by Crippen LogP contribution is -2.44. The van der Waals surface area contributed by atoms with Crippen LogP contribution in [0.2, 0.25) is 0 Å². The first kappa shape index (κ1) is 25.6. The average Bonchev–Trinajstić information content (AvgIpc) is 3.34. The maximum absolute atomic E-state index is 12.3. The van der Waals surface area contributed by atoms with Crippen molar-refractivity contribution in [1.82, 2.24) is 15.1 Å². The van der Waals surface area contributed by atoms with Gasteiger partial charge in [-0.05, 0) is 56.4 Å². The minimum Gasteiger partial charge on any atom is -0.445 e. The molecule has 3 N–H and O–H groups in total. The number of carbonyl (C=O) groups excluding carboxylic acids is 3. The zero-order chi connectivity index (χ0) is 23.3. The van der Waals surface area contributed by atoms with Gasteiger partial charge in [-0.2, -0.15) is 0 Å². The fraction of sp³-hybridized carbons (Fsp3) is 0.625. The number of alkyl carbamates (subject to hydrolysis) is 1. The number of hydrogen-bond acceptors (Lipinski definition) is 5. The normalized spacial score (nSPS) is 21.0. The van der Waals surface area contributed by atoms with Crippen molar-refractivity contribution in [1.29, 1.82) is 0 Å². The molecule has 1 aromatic rings. The Morgan fingerprint density at radius 1 is 1.16 bits per heavy atom. The number of ether oxygens (including phenoxy) is 1. The summed E-state index contributed by atoms with van der Waals surface area (Å²) in [6.07, 6.45) is 7.13. The molecule has 1 aromatic carbocycles. The third-order valence-corrected chi connectivity index (χ3v) is 5.91. The summed E-state index contributed by atoms with van der Waals surface area (Å²) in [5, 5.41) is 2.96. The van der Waals surface area contributed by atoms with Gasteiger partial charge < -0.3 is 25.6 Å². The van der Waals surface area contributed by atoms with Crippen LogP contribution in [0.25, 0.3) is 0 Å². The third-order valence-electron chi connectivity index (χ3n) is 5.91. The zero-order valence-corrected chi connectivity index (χ0v) is 19.4. The van der Waals surface area contributed by atoms with E-state index in [0.717, 1.165) is 70.0 Å². The number of likely N-dealkylation sites (tertiary alicyclic amines) is 1. The molecule has 8 heteroatoms. The zero-order valence-electron chi connectivity index (χ0n) is 19.4. The molecule has 0 radical (unpaired) electrons. The third kappa shape index (κ3) is 9.26. The van der Waals surface area contributed by atoms with Crippen LogP contribution in [-0.4, -0.2) is 67.5 Å². The summed E-state index contributed by atoms with van der Waals surface area (Å²) in [6, 6.07) is 9.43. The standard InChI is InChI=1S/C21H31N3O3.C3H7NO/c22-19(20(25)24-12-4-5-13-24)14-16-8-10-18(11-9-16)23-21(26)27-15-17-6-2-1-3-7-17;1-4(2)3-5/h1-3,6-7,16,18-19H,4-5,8-15,22H2,(H,23,26);3H,1-2H3/t16?,18?,19-;/m0./s1. The first-order valence-electron chi connectivity index (χ1n) is 11.5.